The number of hydrogen-bond acceptors (Lipinski definition) is 4. The van der Waals surface area contributed by atoms with Crippen molar-refractivity contribution in [1.29, 1.82) is 0 Å². The number of rotatable bonds is 3. The van der Waals surface area contributed by atoms with Gasteiger partial charge in [-0.25, -0.2) is 4.98 Å². The average Bonchev–Trinajstić information content (AvgIpc) is 3.05. The molecule has 0 aliphatic carbocycles. The molecule has 3 aromatic rings. The van der Waals surface area contributed by atoms with Gasteiger partial charge in [-0.15, -0.1) is 0 Å². The first kappa shape index (κ1) is 13.3. The maximum absolute atomic E-state index is 4.37. The van der Waals surface area contributed by atoms with Crippen LogP contribution in [-0.4, -0.2) is 46.0 Å². The highest BCUT2D eigenvalue weighted by molar-refractivity contribution is 5.89. The van der Waals surface area contributed by atoms with Gasteiger partial charge in [0.25, 0.3) is 0 Å². The summed E-state index contributed by atoms with van der Waals surface area (Å²) in [6.07, 6.45) is 7.63. The Morgan fingerprint density at radius 2 is 1.95 bits per heavy atom. The molecule has 0 aromatic carbocycles. The smallest absolute Gasteiger partial charge is 0.139 e. The lowest BCUT2D eigenvalue weighted by Gasteiger charge is -2.36. The summed E-state index contributed by atoms with van der Waals surface area (Å²) in [5.41, 5.74) is 3.54. The predicted octanol–water partition coefficient (Wildman–Crippen LogP) is 2.28. The lowest BCUT2D eigenvalue weighted by atomic mass is 10.2. The summed E-state index contributed by atoms with van der Waals surface area (Å²) in [6, 6.07) is 8.38. The number of nitrogens with zero attached hydrogens (tertiary/aromatic N) is 4. The Hall–Kier alpha value is -2.40. The topological polar surface area (TPSA) is 48.1 Å². The molecular formula is C17H19N5. The van der Waals surface area contributed by atoms with E-state index in [1.165, 1.54) is 16.6 Å². The highest BCUT2D eigenvalue weighted by atomic mass is 15.3. The molecule has 22 heavy (non-hydrogen) atoms. The number of piperazine rings is 1. The van der Waals surface area contributed by atoms with Crippen LogP contribution < -0.4 is 4.90 Å². The van der Waals surface area contributed by atoms with Gasteiger partial charge in [0.1, 0.15) is 5.65 Å². The average molecular weight is 293 g/mol. The molecule has 0 spiro atoms. The van der Waals surface area contributed by atoms with Crippen molar-refractivity contribution >= 4 is 16.7 Å². The van der Waals surface area contributed by atoms with Crippen molar-refractivity contribution in [3.05, 3.63) is 54.6 Å². The Labute approximate surface area is 129 Å². The van der Waals surface area contributed by atoms with Gasteiger partial charge in [-0.05, 0) is 23.8 Å². The fraction of sp³-hybridized carbons (Fsp3) is 0.294. The van der Waals surface area contributed by atoms with E-state index in [1.54, 1.807) is 0 Å². The first-order chi connectivity index (χ1) is 10.9. The van der Waals surface area contributed by atoms with Crippen LogP contribution in [0.2, 0.25) is 0 Å². The minimum atomic E-state index is 0.968. The Morgan fingerprint density at radius 1 is 1.05 bits per heavy atom. The monoisotopic (exact) mass is 293 g/mol. The van der Waals surface area contributed by atoms with Crippen LogP contribution in [0.1, 0.15) is 5.56 Å². The molecule has 0 bridgehead atoms. The maximum Gasteiger partial charge on any atom is 0.139 e. The van der Waals surface area contributed by atoms with Crippen LogP contribution in [0.25, 0.3) is 11.0 Å². The zero-order valence-corrected chi connectivity index (χ0v) is 12.4. The molecule has 0 radical (unpaired) electrons. The van der Waals surface area contributed by atoms with Crippen LogP contribution in [0.3, 0.4) is 0 Å². The quantitative estimate of drug-likeness (QED) is 0.805. The van der Waals surface area contributed by atoms with Crippen molar-refractivity contribution < 1.29 is 0 Å². The SMILES string of the molecule is c1cncc(CN2CCN(c3ccnc4[nH]ccc34)CC2)c1. The van der Waals surface area contributed by atoms with Gasteiger partial charge in [-0.3, -0.25) is 9.88 Å². The van der Waals surface area contributed by atoms with Crippen LogP contribution >= 0.6 is 0 Å². The highest BCUT2D eigenvalue weighted by Crippen LogP contribution is 2.25. The minimum Gasteiger partial charge on any atom is -0.368 e. The van der Waals surface area contributed by atoms with Gasteiger partial charge >= 0.3 is 0 Å². The van der Waals surface area contributed by atoms with E-state index in [0.717, 1.165) is 38.4 Å². The van der Waals surface area contributed by atoms with Gasteiger partial charge in [-0.2, -0.15) is 0 Å². The molecule has 112 valence electrons. The van der Waals surface area contributed by atoms with Gasteiger partial charge in [-0.1, -0.05) is 6.07 Å². The van der Waals surface area contributed by atoms with E-state index < -0.39 is 0 Å². The number of hydrogen-bond donors (Lipinski definition) is 1. The minimum absolute atomic E-state index is 0.968. The van der Waals surface area contributed by atoms with Crippen molar-refractivity contribution in [3.8, 4) is 0 Å². The molecule has 5 heteroatoms. The summed E-state index contributed by atoms with van der Waals surface area (Å²) in [7, 11) is 0. The van der Waals surface area contributed by atoms with Crippen LogP contribution in [0, 0.1) is 0 Å². The molecule has 1 aliphatic rings. The molecular weight excluding hydrogens is 274 g/mol. The van der Waals surface area contributed by atoms with Crippen LogP contribution in [0.5, 0.6) is 0 Å². The second-order valence-corrected chi connectivity index (χ2v) is 5.69. The molecule has 1 N–H and O–H groups in total. The standard InChI is InChI=1S/C17H19N5/c1-2-14(12-18-5-1)13-21-8-10-22(11-9-21)16-4-7-20-17-15(16)3-6-19-17/h1-7,12H,8-11,13H2,(H,19,20). The zero-order valence-electron chi connectivity index (χ0n) is 12.4. The van der Waals surface area contributed by atoms with Gasteiger partial charge in [0.2, 0.25) is 0 Å². The number of fused-ring (bicyclic) bond motifs is 1. The van der Waals surface area contributed by atoms with Crippen LogP contribution in [0.4, 0.5) is 5.69 Å². The molecule has 4 rings (SSSR count). The van der Waals surface area contributed by atoms with Crippen molar-refractivity contribution in [3.63, 3.8) is 0 Å². The van der Waals surface area contributed by atoms with E-state index >= 15 is 0 Å². The molecule has 3 aromatic heterocycles. The number of anilines is 1. The highest BCUT2D eigenvalue weighted by Gasteiger charge is 2.19. The molecule has 5 nitrogen and oxygen atoms in total. The first-order valence-corrected chi connectivity index (χ1v) is 7.68. The summed E-state index contributed by atoms with van der Waals surface area (Å²) >= 11 is 0. The van der Waals surface area contributed by atoms with Crippen molar-refractivity contribution in [2.24, 2.45) is 0 Å². The second kappa shape index (κ2) is 5.77. The lowest BCUT2D eigenvalue weighted by Crippen LogP contribution is -2.46. The lowest BCUT2D eigenvalue weighted by molar-refractivity contribution is 0.250. The third-order valence-electron chi connectivity index (χ3n) is 4.28. The van der Waals surface area contributed by atoms with E-state index in [2.05, 4.69) is 43.0 Å². The maximum atomic E-state index is 4.37. The fourth-order valence-electron chi connectivity index (χ4n) is 3.12. The Kier molecular flexibility index (Phi) is 3.48. The number of nitrogens with one attached hydrogen (secondary N) is 1. The van der Waals surface area contributed by atoms with E-state index in [1.807, 2.05) is 30.9 Å². The molecule has 0 atom stereocenters. The molecule has 0 unspecified atom stereocenters. The number of H-pyrrole nitrogens is 1. The summed E-state index contributed by atoms with van der Waals surface area (Å²) < 4.78 is 0. The van der Waals surface area contributed by atoms with Crippen LogP contribution in [-0.2, 0) is 6.54 Å². The van der Waals surface area contributed by atoms with Crippen molar-refractivity contribution in [1.82, 2.24) is 19.9 Å². The van der Waals surface area contributed by atoms with Crippen LogP contribution in [0.15, 0.2) is 49.1 Å². The first-order valence-electron chi connectivity index (χ1n) is 7.68. The molecule has 1 fully saturated rings. The van der Waals surface area contributed by atoms with E-state index in [-0.39, 0.29) is 0 Å². The number of pyridine rings is 2. The third-order valence-corrected chi connectivity index (χ3v) is 4.28. The molecule has 0 saturated carbocycles. The molecule has 1 aliphatic heterocycles. The van der Waals surface area contributed by atoms with Crippen molar-refractivity contribution in [2.75, 3.05) is 31.1 Å². The van der Waals surface area contributed by atoms with E-state index in [9.17, 15) is 0 Å². The Balaban J connectivity index is 1.45. The third kappa shape index (κ3) is 2.55. The summed E-state index contributed by atoms with van der Waals surface area (Å²) in [5.74, 6) is 0. The Morgan fingerprint density at radius 3 is 2.77 bits per heavy atom. The second-order valence-electron chi connectivity index (χ2n) is 5.69. The normalized spacial score (nSPS) is 16.3. The zero-order chi connectivity index (χ0) is 14.8. The van der Waals surface area contributed by atoms with Crippen molar-refractivity contribution in [2.45, 2.75) is 6.54 Å². The summed E-state index contributed by atoms with van der Waals surface area (Å²) in [4.78, 5) is 16.7. The van der Waals surface area contributed by atoms with E-state index in [0.29, 0.717) is 0 Å². The van der Waals surface area contributed by atoms with Gasteiger partial charge in [0.15, 0.2) is 0 Å². The summed E-state index contributed by atoms with van der Waals surface area (Å²) in [5, 5.41) is 1.21. The molecule has 4 heterocycles. The van der Waals surface area contributed by atoms with Gasteiger partial charge < -0.3 is 9.88 Å². The van der Waals surface area contributed by atoms with E-state index in [4.69, 9.17) is 0 Å². The molecule has 0 amide bonds. The van der Waals surface area contributed by atoms with Gasteiger partial charge in [0, 0.05) is 68.6 Å². The largest absolute Gasteiger partial charge is 0.368 e. The fourth-order valence-corrected chi connectivity index (χ4v) is 3.12. The number of aromatic amines is 1. The summed E-state index contributed by atoms with van der Waals surface area (Å²) in [6.45, 7) is 5.22. The Bertz CT molecular complexity index is 744. The number of aromatic nitrogens is 3. The van der Waals surface area contributed by atoms with Gasteiger partial charge in [0.05, 0.1) is 0 Å². The molecule has 1 saturated heterocycles. The predicted molar refractivity (Wildman–Crippen MR) is 87.8 cm³/mol.